The predicted octanol–water partition coefficient (Wildman–Crippen LogP) is 2.05. The van der Waals surface area contributed by atoms with Crippen LogP contribution in [0, 0.1) is 11.3 Å². The molecule has 2 heterocycles. The largest absolute Gasteiger partial charge is 0.327 e. The van der Waals surface area contributed by atoms with E-state index >= 15 is 0 Å². The van der Waals surface area contributed by atoms with Gasteiger partial charge in [-0.15, -0.1) is 0 Å². The Bertz CT molecular complexity index is 580. The standard InChI is InChI=1S/C8H4IN3OS/c9-14-12-4-5(3-10)6-1-2-11-8(13)7(6)12/h1-2,4H,(H,11,13). The molecule has 0 unspecified atom stereocenters. The molecule has 2 aromatic heterocycles. The van der Waals surface area contributed by atoms with E-state index in [2.05, 4.69) is 32.3 Å². The number of hydrogen-bond acceptors (Lipinski definition) is 3. The third-order valence-electron chi connectivity index (χ3n) is 1.89. The lowest BCUT2D eigenvalue weighted by Crippen LogP contribution is -2.06. The second-order valence-corrected chi connectivity index (χ2v) is 4.33. The van der Waals surface area contributed by atoms with E-state index < -0.39 is 0 Å². The fourth-order valence-electron chi connectivity index (χ4n) is 1.30. The van der Waals surface area contributed by atoms with Crippen LogP contribution in [-0.4, -0.2) is 8.96 Å². The van der Waals surface area contributed by atoms with Crippen molar-refractivity contribution >= 4 is 41.2 Å². The lowest BCUT2D eigenvalue weighted by molar-refractivity contribution is 1.23. The van der Waals surface area contributed by atoms with Crippen molar-refractivity contribution in [3.8, 4) is 6.07 Å². The summed E-state index contributed by atoms with van der Waals surface area (Å²) in [6.07, 6.45) is 3.21. The van der Waals surface area contributed by atoms with Crippen LogP contribution in [0.25, 0.3) is 10.9 Å². The van der Waals surface area contributed by atoms with Crippen molar-refractivity contribution in [1.82, 2.24) is 8.96 Å². The van der Waals surface area contributed by atoms with Gasteiger partial charge in [0, 0.05) is 48.1 Å². The van der Waals surface area contributed by atoms with Gasteiger partial charge in [0.15, 0.2) is 0 Å². The monoisotopic (exact) mass is 317 g/mol. The Kier molecular flexibility index (Phi) is 2.52. The maximum absolute atomic E-state index is 11.5. The molecule has 0 fully saturated rings. The minimum Gasteiger partial charge on any atom is -0.327 e. The first kappa shape index (κ1) is 9.61. The maximum Gasteiger partial charge on any atom is 0.273 e. The third kappa shape index (κ3) is 1.33. The van der Waals surface area contributed by atoms with Crippen LogP contribution < -0.4 is 5.56 Å². The normalized spacial score (nSPS) is 10.3. The van der Waals surface area contributed by atoms with Gasteiger partial charge >= 0.3 is 0 Å². The summed E-state index contributed by atoms with van der Waals surface area (Å²) in [4.78, 5) is 14.1. The van der Waals surface area contributed by atoms with E-state index in [1.807, 2.05) is 0 Å². The molecular weight excluding hydrogens is 313 g/mol. The molecule has 70 valence electrons. The lowest BCUT2D eigenvalue weighted by Gasteiger charge is -1.94. The molecule has 6 heteroatoms. The number of nitrogens with zero attached hydrogens (tertiary/aromatic N) is 2. The molecule has 0 bridgehead atoms. The van der Waals surface area contributed by atoms with Crippen molar-refractivity contribution in [1.29, 1.82) is 5.26 Å². The maximum atomic E-state index is 11.5. The summed E-state index contributed by atoms with van der Waals surface area (Å²) in [7, 11) is 1.36. The third-order valence-corrected chi connectivity index (χ3v) is 3.60. The summed E-state index contributed by atoms with van der Waals surface area (Å²) in [5.74, 6) is 0. The molecule has 4 nitrogen and oxygen atoms in total. The van der Waals surface area contributed by atoms with E-state index in [1.165, 1.54) is 9.12 Å². The van der Waals surface area contributed by atoms with Gasteiger partial charge < -0.3 is 4.98 Å². The zero-order chi connectivity index (χ0) is 10.1. The molecule has 14 heavy (non-hydrogen) atoms. The summed E-state index contributed by atoms with van der Waals surface area (Å²) in [6, 6.07) is 3.80. The van der Waals surface area contributed by atoms with Crippen molar-refractivity contribution in [2.24, 2.45) is 0 Å². The second-order valence-electron chi connectivity index (χ2n) is 2.62. The van der Waals surface area contributed by atoms with Crippen LogP contribution in [0.1, 0.15) is 5.56 Å². The smallest absolute Gasteiger partial charge is 0.273 e. The zero-order valence-corrected chi connectivity index (χ0v) is 9.79. The Morgan fingerprint density at radius 2 is 2.43 bits per heavy atom. The van der Waals surface area contributed by atoms with Crippen LogP contribution in [-0.2, 0) is 0 Å². The Balaban J connectivity index is 2.98. The van der Waals surface area contributed by atoms with Crippen LogP contribution in [0.15, 0.2) is 23.3 Å². The number of rotatable bonds is 1. The van der Waals surface area contributed by atoms with Gasteiger partial charge in [0.2, 0.25) is 0 Å². The molecule has 0 aromatic carbocycles. The fraction of sp³-hybridized carbons (Fsp3) is 0. The minimum absolute atomic E-state index is 0.173. The van der Waals surface area contributed by atoms with Crippen LogP contribution >= 0.6 is 30.3 Å². The van der Waals surface area contributed by atoms with Crippen molar-refractivity contribution in [3.63, 3.8) is 0 Å². The van der Waals surface area contributed by atoms with Gasteiger partial charge in [0.25, 0.3) is 5.56 Å². The predicted molar refractivity (Wildman–Crippen MR) is 64.3 cm³/mol. The van der Waals surface area contributed by atoms with E-state index in [0.717, 1.165) is 0 Å². The minimum atomic E-state index is -0.173. The Morgan fingerprint density at radius 3 is 3.07 bits per heavy atom. The molecule has 1 N–H and O–H groups in total. The van der Waals surface area contributed by atoms with Gasteiger partial charge in [0.05, 0.1) is 5.56 Å². The topological polar surface area (TPSA) is 61.6 Å². The van der Waals surface area contributed by atoms with Gasteiger partial charge in [-0.05, 0) is 6.07 Å². The Morgan fingerprint density at radius 1 is 1.64 bits per heavy atom. The molecule has 0 saturated carbocycles. The van der Waals surface area contributed by atoms with Gasteiger partial charge in [-0.2, -0.15) is 5.26 Å². The van der Waals surface area contributed by atoms with E-state index in [-0.39, 0.29) is 5.56 Å². The van der Waals surface area contributed by atoms with E-state index in [1.54, 1.807) is 22.4 Å². The molecule has 0 amide bonds. The molecule has 0 saturated heterocycles. The SMILES string of the molecule is N#Cc1cn(SI)c2c(=O)[nH]ccc12. The summed E-state index contributed by atoms with van der Waals surface area (Å²) in [5.41, 5.74) is 0.881. The molecule has 2 rings (SSSR count). The highest BCUT2D eigenvalue weighted by atomic mass is 127. The number of H-pyrrole nitrogens is 1. The van der Waals surface area contributed by atoms with Gasteiger partial charge in [-0.25, -0.2) is 0 Å². The van der Waals surface area contributed by atoms with Crippen molar-refractivity contribution in [2.45, 2.75) is 0 Å². The summed E-state index contributed by atoms with van der Waals surface area (Å²) >= 11 is 2.07. The fourth-order valence-corrected chi connectivity index (χ4v) is 2.63. The summed E-state index contributed by atoms with van der Waals surface area (Å²) < 4.78 is 1.69. The zero-order valence-electron chi connectivity index (χ0n) is 6.82. The molecular formula is C8H4IN3OS. The first-order chi connectivity index (χ1) is 6.77. The molecule has 2 aromatic rings. The highest BCUT2D eigenvalue weighted by molar-refractivity contribution is 14.2. The quantitative estimate of drug-likeness (QED) is 0.819. The Labute approximate surface area is 95.6 Å². The molecule has 0 spiro atoms. The van der Waals surface area contributed by atoms with E-state index in [4.69, 9.17) is 5.26 Å². The number of pyridine rings is 1. The molecule has 0 aliphatic rings. The van der Waals surface area contributed by atoms with Gasteiger partial charge in [-0.3, -0.25) is 8.77 Å². The number of hydrogen-bond donors (Lipinski definition) is 1. The number of halogens is 1. The van der Waals surface area contributed by atoms with E-state index in [0.29, 0.717) is 16.5 Å². The average molecular weight is 317 g/mol. The van der Waals surface area contributed by atoms with Crippen LogP contribution in [0.4, 0.5) is 0 Å². The highest BCUT2D eigenvalue weighted by Crippen LogP contribution is 2.25. The van der Waals surface area contributed by atoms with Crippen LogP contribution in [0.3, 0.4) is 0 Å². The molecule has 0 radical (unpaired) electrons. The average Bonchev–Trinajstić information content (AvgIpc) is 2.57. The van der Waals surface area contributed by atoms with Gasteiger partial charge in [0.1, 0.15) is 11.6 Å². The second kappa shape index (κ2) is 3.67. The number of nitrogens with one attached hydrogen (secondary N) is 1. The summed E-state index contributed by atoms with van der Waals surface area (Å²) in [5, 5.41) is 9.54. The summed E-state index contributed by atoms with van der Waals surface area (Å²) in [6.45, 7) is 0. The number of aromatic amines is 1. The van der Waals surface area contributed by atoms with Crippen LogP contribution in [0.2, 0.25) is 0 Å². The Hall–Kier alpha value is -0.940. The van der Waals surface area contributed by atoms with E-state index in [9.17, 15) is 4.79 Å². The molecule has 0 aliphatic heterocycles. The first-order valence-electron chi connectivity index (χ1n) is 3.70. The molecule has 0 aliphatic carbocycles. The highest BCUT2D eigenvalue weighted by Gasteiger charge is 2.10. The first-order valence-corrected chi connectivity index (χ1v) is 7.01. The van der Waals surface area contributed by atoms with Crippen molar-refractivity contribution in [3.05, 3.63) is 34.4 Å². The van der Waals surface area contributed by atoms with Crippen LogP contribution in [0.5, 0.6) is 0 Å². The number of fused-ring (bicyclic) bond motifs is 1. The number of aromatic nitrogens is 2. The number of nitriles is 1. The molecule has 0 atom stereocenters. The van der Waals surface area contributed by atoms with Crippen molar-refractivity contribution in [2.75, 3.05) is 0 Å². The lowest BCUT2D eigenvalue weighted by atomic mass is 10.2. The van der Waals surface area contributed by atoms with Crippen molar-refractivity contribution < 1.29 is 0 Å². The van der Waals surface area contributed by atoms with Gasteiger partial charge in [-0.1, -0.05) is 0 Å².